The Morgan fingerprint density at radius 1 is 1.22 bits per heavy atom. The zero-order valence-electron chi connectivity index (χ0n) is 11.5. The van der Waals surface area contributed by atoms with Crippen molar-refractivity contribution in [1.29, 1.82) is 0 Å². The highest BCUT2D eigenvalue weighted by Gasteiger charge is 2.20. The normalized spacial score (nSPS) is 16.4. The van der Waals surface area contributed by atoms with Gasteiger partial charge in [0.2, 0.25) is 0 Å². The van der Waals surface area contributed by atoms with Gasteiger partial charge >= 0.3 is 0 Å². The molecule has 0 aromatic heterocycles. The van der Waals surface area contributed by atoms with Gasteiger partial charge < -0.3 is 14.8 Å². The molecular weight excluding hydrogens is 226 g/mol. The minimum atomic E-state index is 0.351. The van der Waals surface area contributed by atoms with Crippen molar-refractivity contribution < 1.29 is 9.47 Å². The summed E-state index contributed by atoms with van der Waals surface area (Å²) in [4.78, 5) is 0. The molecule has 3 nitrogen and oxygen atoms in total. The lowest BCUT2D eigenvalue weighted by Crippen LogP contribution is -2.20. The summed E-state index contributed by atoms with van der Waals surface area (Å²) in [5.41, 5.74) is 1.24. The molecule has 1 aromatic carbocycles. The Labute approximate surface area is 109 Å². The van der Waals surface area contributed by atoms with Crippen molar-refractivity contribution in [3.63, 3.8) is 0 Å². The smallest absolute Gasteiger partial charge is 0.161 e. The number of rotatable bonds is 7. The van der Waals surface area contributed by atoms with Crippen molar-refractivity contribution >= 4 is 0 Å². The first-order valence-corrected chi connectivity index (χ1v) is 6.70. The lowest BCUT2D eigenvalue weighted by Gasteiger charge is -2.16. The molecule has 3 heteroatoms. The van der Waals surface area contributed by atoms with E-state index >= 15 is 0 Å². The van der Waals surface area contributed by atoms with Crippen LogP contribution in [0.4, 0.5) is 0 Å². The molecule has 1 N–H and O–H groups in total. The van der Waals surface area contributed by atoms with Crippen molar-refractivity contribution in [3.8, 4) is 11.5 Å². The van der Waals surface area contributed by atoms with Crippen molar-refractivity contribution in [2.24, 2.45) is 5.92 Å². The second-order valence-electron chi connectivity index (χ2n) is 5.02. The van der Waals surface area contributed by atoms with Crippen molar-refractivity contribution in [2.45, 2.75) is 32.2 Å². The Morgan fingerprint density at radius 3 is 2.56 bits per heavy atom. The van der Waals surface area contributed by atoms with Gasteiger partial charge in [0, 0.05) is 6.04 Å². The van der Waals surface area contributed by atoms with E-state index < -0.39 is 0 Å². The second kappa shape index (κ2) is 6.10. The van der Waals surface area contributed by atoms with Crippen LogP contribution in [0.3, 0.4) is 0 Å². The van der Waals surface area contributed by atoms with E-state index in [1.807, 2.05) is 12.1 Å². The average molecular weight is 249 g/mol. The molecule has 0 aliphatic heterocycles. The van der Waals surface area contributed by atoms with E-state index in [9.17, 15) is 0 Å². The molecule has 0 radical (unpaired) electrons. The van der Waals surface area contributed by atoms with Gasteiger partial charge in [-0.05, 0) is 43.5 Å². The van der Waals surface area contributed by atoms with Crippen LogP contribution in [0.15, 0.2) is 18.2 Å². The fraction of sp³-hybridized carbons (Fsp3) is 0.600. The molecule has 2 rings (SSSR count). The molecule has 1 saturated carbocycles. The van der Waals surface area contributed by atoms with Crippen LogP contribution < -0.4 is 14.8 Å². The molecule has 18 heavy (non-hydrogen) atoms. The third-order valence-corrected chi connectivity index (χ3v) is 3.61. The zero-order valence-corrected chi connectivity index (χ0v) is 11.5. The van der Waals surface area contributed by atoms with E-state index in [4.69, 9.17) is 9.47 Å². The predicted octanol–water partition coefficient (Wildman–Crippen LogP) is 3.15. The van der Waals surface area contributed by atoms with Gasteiger partial charge in [0.1, 0.15) is 0 Å². The van der Waals surface area contributed by atoms with Gasteiger partial charge in [0.05, 0.1) is 14.2 Å². The van der Waals surface area contributed by atoms with E-state index in [1.54, 1.807) is 14.2 Å². The molecule has 0 heterocycles. The SMILES string of the molecule is COc1ccc(C(C)NCCC2CC2)cc1OC. The molecule has 100 valence electrons. The molecule has 1 unspecified atom stereocenters. The Bertz CT molecular complexity index is 388. The number of hydrogen-bond donors (Lipinski definition) is 1. The minimum absolute atomic E-state index is 0.351. The monoisotopic (exact) mass is 249 g/mol. The molecule has 0 saturated heterocycles. The first kappa shape index (κ1) is 13.2. The highest BCUT2D eigenvalue weighted by Crippen LogP contribution is 2.32. The summed E-state index contributed by atoms with van der Waals surface area (Å²) in [6, 6.07) is 6.46. The summed E-state index contributed by atoms with van der Waals surface area (Å²) in [7, 11) is 3.33. The molecule has 0 amide bonds. The van der Waals surface area contributed by atoms with E-state index in [1.165, 1.54) is 24.8 Å². The summed E-state index contributed by atoms with van der Waals surface area (Å²) in [6.07, 6.45) is 4.15. The highest BCUT2D eigenvalue weighted by atomic mass is 16.5. The third-order valence-electron chi connectivity index (χ3n) is 3.61. The average Bonchev–Trinajstić information content (AvgIpc) is 3.21. The third kappa shape index (κ3) is 3.39. The minimum Gasteiger partial charge on any atom is -0.493 e. The summed E-state index contributed by atoms with van der Waals surface area (Å²) < 4.78 is 10.6. The van der Waals surface area contributed by atoms with Crippen LogP contribution in [0.1, 0.15) is 37.8 Å². The molecule has 1 atom stereocenters. The van der Waals surface area contributed by atoms with Gasteiger partial charge in [-0.3, -0.25) is 0 Å². The molecular formula is C15H23NO2. The van der Waals surface area contributed by atoms with Crippen LogP contribution in [-0.4, -0.2) is 20.8 Å². The van der Waals surface area contributed by atoms with Crippen molar-refractivity contribution in [3.05, 3.63) is 23.8 Å². The van der Waals surface area contributed by atoms with Crippen LogP contribution in [-0.2, 0) is 0 Å². The largest absolute Gasteiger partial charge is 0.493 e. The first-order chi connectivity index (χ1) is 8.74. The fourth-order valence-corrected chi connectivity index (χ4v) is 2.15. The van der Waals surface area contributed by atoms with Gasteiger partial charge in [0.15, 0.2) is 11.5 Å². The van der Waals surface area contributed by atoms with Crippen LogP contribution in [0.5, 0.6) is 11.5 Å². The first-order valence-electron chi connectivity index (χ1n) is 6.70. The molecule has 1 fully saturated rings. The molecule has 1 aromatic rings. The van der Waals surface area contributed by atoms with E-state index in [0.29, 0.717) is 6.04 Å². The van der Waals surface area contributed by atoms with E-state index in [-0.39, 0.29) is 0 Å². The van der Waals surface area contributed by atoms with Crippen LogP contribution in [0.25, 0.3) is 0 Å². The number of hydrogen-bond acceptors (Lipinski definition) is 3. The van der Waals surface area contributed by atoms with Crippen molar-refractivity contribution in [2.75, 3.05) is 20.8 Å². The van der Waals surface area contributed by atoms with E-state index in [0.717, 1.165) is 24.0 Å². The lowest BCUT2D eigenvalue weighted by atomic mass is 10.1. The number of benzene rings is 1. The van der Waals surface area contributed by atoms with Gasteiger partial charge in [-0.2, -0.15) is 0 Å². The van der Waals surface area contributed by atoms with Gasteiger partial charge in [0.25, 0.3) is 0 Å². The number of nitrogens with one attached hydrogen (secondary N) is 1. The quantitative estimate of drug-likeness (QED) is 0.805. The summed E-state index contributed by atoms with van der Waals surface area (Å²) in [5, 5.41) is 3.56. The Balaban J connectivity index is 1.93. The maximum atomic E-state index is 5.33. The van der Waals surface area contributed by atoms with Gasteiger partial charge in [-0.1, -0.05) is 18.9 Å². The van der Waals surface area contributed by atoms with Crippen LogP contribution in [0, 0.1) is 5.92 Å². The Hall–Kier alpha value is -1.22. The molecule has 1 aliphatic carbocycles. The van der Waals surface area contributed by atoms with Gasteiger partial charge in [-0.15, -0.1) is 0 Å². The van der Waals surface area contributed by atoms with Gasteiger partial charge in [-0.25, -0.2) is 0 Å². The standard InChI is InChI=1S/C15H23NO2/c1-11(16-9-8-12-4-5-12)13-6-7-14(17-2)15(10-13)18-3/h6-7,10-12,16H,4-5,8-9H2,1-3H3. The lowest BCUT2D eigenvalue weighted by molar-refractivity contribution is 0.354. The molecule has 0 spiro atoms. The molecule has 0 bridgehead atoms. The summed E-state index contributed by atoms with van der Waals surface area (Å²) in [5.74, 6) is 2.56. The molecule has 1 aliphatic rings. The second-order valence-corrected chi connectivity index (χ2v) is 5.02. The topological polar surface area (TPSA) is 30.5 Å². The highest BCUT2D eigenvalue weighted by molar-refractivity contribution is 5.43. The maximum Gasteiger partial charge on any atom is 0.161 e. The van der Waals surface area contributed by atoms with Crippen molar-refractivity contribution in [1.82, 2.24) is 5.32 Å². The maximum absolute atomic E-state index is 5.33. The number of ether oxygens (including phenoxy) is 2. The fourth-order valence-electron chi connectivity index (χ4n) is 2.15. The summed E-state index contributed by atoms with van der Waals surface area (Å²) in [6.45, 7) is 3.29. The number of methoxy groups -OCH3 is 2. The summed E-state index contributed by atoms with van der Waals surface area (Å²) >= 11 is 0. The van der Waals surface area contributed by atoms with E-state index in [2.05, 4.69) is 18.3 Å². The van der Waals surface area contributed by atoms with Crippen LogP contribution >= 0.6 is 0 Å². The zero-order chi connectivity index (χ0) is 13.0. The Morgan fingerprint density at radius 2 is 1.94 bits per heavy atom. The van der Waals surface area contributed by atoms with Crippen LogP contribution in [0.2, 0.25) is 0 Å². The predicted molar refractivity (Wildman–Crippen MR) is 73.3 cm³/mol. The Kier molecular flexibility index (Phi) is 4.48.